The molecule has 2 rings (SSSR count). The van der Waals surface area contributed by atoms with Crippen LogP contribution in [-0.4, -0.2) is 18.0 Å². The van der Waals surface area contributed by atoms with E-state index in [1.54, 1.807) is 36.4 Å². The monoisotopic (exact) mass is 280 g/mol. The van der Waals surface area contributed by atoms with Gasteiger partial charge in [-0.2, -0.15) is 8.62 Å². The molecule has 0 aliphatic rings. The smallest absolute Gasteiger partial charge is 0.266 e. The predicted octanol–water partition coefficient (Wildman–Crippen LogP) is 1.26. The second kappa shape index (κ2) is 4.40. The Bertz CT molecular complexity index is 780. The molecule has 0 amide bonds. The second-order valence-corrected chi connectivity index (χ2v) is 6.59. The minimum Gasteiger partial charge on any atom is -0.266 e. The summed E-state index contributed by atoms with van der Waals surface area (Å²) in [6.45, 7) is 0. The van der Waals surface area contributed by atoms with Gasteiger partial charge in [-0.3, -0.25) is 4.79 Å². The summed E-state index contributed by atoms with van der Waals surface area (Å²) in [6.07, 6.45) is 0.931. The summed E-state index contributed by atoms with van der Waals surface area (Å²) in [5.41, 5.74) is -0.279. The Morgan fingerprint density at radius 3 is 2.39 bits per heavy atom. The average Bonchev–Trinajstić information content (AvgIpc) is 2.67. The number of nitriles is 1. The number of aromatic nitrogens is 1. The molecule has 92 valence electrons. The van der Waals surface area contributed by atoms with Gasteiger partial charge in [-0.25, -0.2) is 8.42 Å². The summed E-state index contributed by atoms with van der Waals surface area (Å²) in [5, 5.41) is 8.99. The standard InChI is InChI=1S/C11H8N2O3S2/c1-18(15,16)13-11(14)9(7-12)10(17-13)8-5-3-2-4-6-8/h2-6H,1H3. The quantitative estimate of drug-likeness (QED) is 0.829. The van der Waals surface area contributed by atoms with Crippen LogP contribution >= 0.6 is 11.5 Å². The Kier molecular flexibility index (Phi) is 3.07. The molecule has 0 atom stereocenters. The lowest BCUT2D eigenvalue weighted by Crippen LogP contribution is -2.21. The van der Waals surface area contributed by atoms with E-state index in [0.29, 0.717) is 13.8 Å². The highest BCUT2D eigenvalue weighted by Gasteiger charge is 2.21. The van der Waals surface area contributed by atoms with Crippen LogP contribution in [0, 0.1) is 11.3 Å². The zero-order valence-corrected chi connectivity index (χ0v) is 11.0. The van der Waals surface area contributed by atoms with E-state index in [1.165, 1.54) is 0 Å². The summed E-state index contributed by atoms with van der Waals surface area (Å²) in [4.78, 5) is 12.2. The van der Waals surface area contributed by atoms with Crippen LogP contribution in [0.3, 0.4) is 0 Å². The van der Waals surface area contributed by atoms with Gasteiger partial charge in [0.05, 0.1) is 11.1 Å². The van der Waals surface area contributed by atoms with Crippen LogP contribution in [-0.2, 0) is 10.0 Å². The Labute approximate surface area is 108 Å². The number of hydrogen-bond donors (Lipinski definition) is 0. The van der Waals surface area contributed by atoms with Crippen molar-refractivity contribution in [3.8, 4) is 16.5 Å². The molecular weight excluding hydrogens is 272 g/mol. The molecule has 0 spiro atoms. The van der Waals surface area contributed by atoms with Crippen LogP contribution < -0.4 is 5.56 Å². The van der Waals surface area contributed by atoms with E-state index in [0.717, 1.165) is 17.8 Å². The molecule has 0 saturated heterocycles. The topological polar surface area (TPSA) is 79.9 Å². The highest BCUT2D eigenvalue weighted by Crippen LogP contribution is 2.26. The molecule has 0 unspecified atom stereocenters. The fourth-order valence-corrected chi connectivity index (χ4v) is 3.43. The van der Waals surface area contributed by atoms with Crippen molar-refractivity contribution in [1.29, 1.82) is 5.26 Å². The Balaban J connectivity index is 2.80. The van der Waals surface area contributed by atoms with Crippen LogP contribution in [0.2, 0.25) is 0 Å². The van der Waals surface area contributed by atoms with Gasteiger partial charge in [-0.05, 0) is 17.1 Å². The van der Waals surface area contributed by atoms with E-state index in [2.05, 4.69) is 0 Å². The molecule has 18 heavy (non-hydrogen) atoms. The van der Waals surface area contributed by atoms with Crippen molar-refractivity contribution in [2.45, 2.75) is 0 Å². The molecule has 2 aromatic rings. The molecule has 0 radical (unpaired) electrons. The average molecular weight is 280 g/mol. The van der Waals surface area contributed by atoms with Crippen LogP contribution in [0.15, 0.2) is 35.1 Å². The van der Waals surface area contributed by atoms with Crippen molar-refractivity contribution in [2.24, 2.45) is 0 Å². The lowest BCUT2D eigenvalue weighted by Gasteiger charge is -1.96. The summed E-state index contributed by atoms with van der Waals surface area (Å²) < 4.78 is 23.5. The van der Waals surface area contributed by atoms with Gasteiger partial charge in [0, 0.05) is 0 Å². The molecule has 0 saturated carbocycles. The summed E-state index contributed by atoms with van der Waals surface area (Å²) in [6, 6.07) is 10.5. The van der Waals surface area contributed by atoms with E-state index in [1.807, 2.05) is 0 Å². The SMILES string of the molecule is CS(=O)(=O)n1sc(-c2ccccc2)c(C#N)c1=O. The van der Waals surface area contributed by atoms with Gasteiger partial charge >= 0.3 is 0 Å². The zero-order chi connectivity index (χ0) is 13.3. The first-order valence-corrected chi connectivity index (χ1v) is 7.49. The number of rotatable bonds is 2. The van der Waals surface area contributed by atoms with Gasteiger partial charge in [0.2, 0.25) is 10.0 Å². The van der Waals surface area contributed by atoms with Crippen molar-refractivity contribution in [1.82, 2.24) is 3.36 Å². The maximum atomic E-state index is 11.8. The van der Waals surface area contributed by atoms with Gasteiger partial charge in [-0.15, -0.1) is 0 Å². The first-order valence-electron chi connectivity index (χ1n) is 4.87. The van der Waals surface area contributed by atoms with E-state index in [9.17, 15) is 13.2 Å². The molecule has 0 N–H and O–H groups in total. The molecule has 0 bridgehead atoms. The van der Waals surface area contributed by atoms with Crippen LogP contribution in [0.25, 0.3) is 10.4 Å². The molecule has 0 fully saturated rings. The van der Waals surface area contributed by atoms with Gasteiger partial charge in [0.25, 0.3) is 5.56 Å². The highest BCUT2D eigenvalue weighted by atomic mass is 32.3. The number of benzene rings is 1. The summed E-state index contributed by atoms with van der Waals surface area (Å²) in [5.74, 6) is 0. The van der Waals surface area contributed by atoms with E-state index in [4.69, 9.17) is 5.26 Å². The third-order valence-corrected chi connectivity index (χ3v) is 4.99. The zero-order valence-electron chi connectivity index (χ0n) is 9.32. The molecule has 1 aromatic carbocycles. The third kappa shape index (κ3) is 2.08. The second-order valence-electron chi connectivity index (χ2n) is 3.57. The Morgan fingerprint density at radius 1 is 1.28 bits per heavy atom. The predicted molar refractivity (Wildman–Crippen MR) is 69.0 cm³/mol. The summed E-state index contributed by atoms with van der Waals surface area (Å²) >= 11 is 0.764. The highest BCUT2D eigenvalue weighted by molar-refractivity contribution is 7.90. The van der Waals surface area contributed by atoms with E-state index in [-0.39, 0.29) is 5.56 Å². The molecule has 5 nitrogen and oxygen atoms in total. The maximum absolute atomic E-state index is 11.8. The first kappa shape index (κ1) is 12.5. The number of hydrogen-bond acceptors (Lipinski definition) is 5. The van der Waals surface area contributed by atoms with Crippen LogP contribution in [0.4, 0.5) is 0 Å². The van der Waals surface area contributed by atoms with Crippen molar-refractivity contribution >= 4 is 21.6 Å². The normalized spacial score (nSPS) is 11.1. The van der Waals surface area contributed by atoms with Crippen LogP contribution in [0.1, 0.15) is 5.56 Å². The third-order valence-electron chi connectivity index (χ3n) is 2.23. The lowest BCUT2D eigenvalue weighted by atomic mass is 10.1. The number of nitrogens with zero attached hydrogens (tertiary/aromatic N) is 2. The molecule has 1 heterocycles. The van der Waals surface area contributed by atoms with Gasteiger partial charge in [0.15, 0.2) is 0 Å². The summed E-state index contributed by atoms with van der Waals surface area (Å²) in [7, 11) is -3.68. The fraction of sp³-hybridized carbons (Fsp3) is 0.0909. The minimum absolute atomic E-state index is 0.142. The fourth-order valence-electron chi connectivity index (χ4n) is 1.46. The van der Waals surface area contributed by atoms with Crippen molar-refractivity contribution in [2.75, 3.05) is 6.26 Å². The molecule has 1 aromatic heterocycles. The maximum Gasteiger partial charge on any atom is 0.293 e. The molecule has 0 aliphatic heterocycles. The minimum atomic E-state index is -3.68. The Hall–Kier alpha value is -1.91. The molecule has 0 aliphatic carbocycles. The van der Waals surface area contributed by atoms with E-state index >= 15 is 0 Å². The van der Waals surface area contributed by atoms with Gasteiger partial charge in [0.1, 0.15) is 11.6 Å². The van der Waals surface area contributed by atoms with Gasteiger partial charge in [-0.1, -0.05) is 30.3 Å². The Morgan fingerprint density at radius 2 is 1.89 bits per heavy atom. The van der Waals surface area contributed by atoms with Gasteiger partial charge < -0.3 is 0 Å². The van der Waals surface area contributed by atoms with Crippen molar-refractivity contribution in [3.63, 3.8) is 0 Å². The van der Waals surface area contributed by atoms with Crippen molar-refractivity contribution < 1.29 is 8.42 Å². The van der Waals surface area contributed by atoms with E-state index < -0.39 is 15.6 Å². The van der Waals surface area contributed by atoms with Crippen molar-refractivity contribution in [3.05, 3.63) is 46.2 Å². The lowest BCUT2D eigenvalue weighted by molar-refractivity contribution is 0.596. The van der Waals surface area contributed by atoms with Crippen LogP contribution in [0.5, 0.6) is 0 Å². The largest absolute Gasteiger partial charge is 0.293 e. The molecular formula is C11H8N2O3S2. The molecule has 7 heteroatoms. The first-order chi connectivity index (χ1) is 8.45.